The Balaban J connectivity index is 3.72. The molecule has 4 heteroatoms. The summed E-state index contributed by atoms with van der Waals surface area (Å²) in [4.78, 5) is 11.4. The number of amides is 1. The number of nitrogens with one attached hydrogen (secondary N) is 1. The molecule has 0 saturated heterocycles. The first-order chi connectivity index (χ1) is 7.08. The molecule has 0 fully saturated rings. The van der Waals surface area contributed by atoms with Crippen LogP contribution < -0.4 is 5.32 Å². The van der Waals surface area contributed by atoms with Crippen molar-refractivity contribution in [3.05, 3.63) is 0 Å². The Kier molecular flexibility index (Phi) is 7.34. The van der Waals surface area contributed by atoms with Crippen LogP contribution in [-0.2, 0) is 9.53 Å². The Morgan fingerprint density at radius 3 is 2.53 bits per heavy atom. The molecule has 90 valence electrons. The molecule has 1 unspecified atom stereocenters. The predicted molar refractivity (Wildman–Crippen MR) is 59.7 cm³/mol. The van der Waals surface area contributed by atoms with E-state index in [-0.39, 0.29) is 12.5 Å². The minimum atomic E-state index is -0.498. The van der Waals surface area contributed by atoms with Gasteiger partial charge in [0.25, 0.3) is 0 Å². The van der Waals surface area contributed by atoms with Crippen molar-refractivity contribution in [2.24, 2.45) is 0 Å². The summed E-state index contributed by atoms with van der Waals surface area (Å²) in [6, 6.07) is 0. The number of hydrogen-bond acceptors (Lipinski definition) is 3. The molecule has 15 heavy (non-hydrogen) atoms. The van der Waals surface area contributed by atoms with Gasteiger partial charge < -0.3 is 15.2 Å². The highest BCUT2D eigenvalue weighted by molar-refractivity contribution is 5.76. The lowest BCUT2D eigenvalue weighted by Gasteiger charge is -2.27. The first-order valence-corrected chi connectivity index (χ1v) is 5.57. The van der Waals surface area contributed by atoms with E-state index in [1.54, 1.807) is 0 Å². The van der Waals surface area contributed by atoms with Gasteiger partial charge in [0.05, 0.1) is 18.8 Å². The summed E-state index contributed by atoms with van der Waals surface area (Å²) in [5.74, 6) is -0.0653. The molecule has 1 atom stereocenters. The second kappa shape index (κ2) is 7.65. The number of hydrogen-bond donors (Lipinski definition) is 2. The van der Waals surface area contributed by atoms with Crippen molar-refractivity contribution >= 4 is 5.91 Å². The normalized spacial score (nSPS) is 14.7. The monoisotopic (exact) mass is 217 g/mol. The number of ether oxygens (including phenoxy) is 1. The molecule has 4 nitrogen and oxygen atoms in total. The van der Waals surface area contributed by atoms with Crippen molar-refractivity contribution in [1.29, 1.82) is 0 Å². The fraction of sp³-hybridized carbons (Fsp3) is 0.909. The van der Waals surface area contributed by atoms with Crippen molar-refractivity contribution in [2.75, 3.05) is 19.8 Å². The molecule has 0 spiro atoms. The lowest BCUT2D eigenvalue weighted by molar-refractivity contribution is -0.124. The summed E-state index contributed by atoms with van der Waals surface area (Å²) in [6.07, 6.45) is 2.03. The third-order valence-corrected chi connectivity index (χ3v) is 2.39. The van der Waals surface area contributed by atoms with Crippen LogP contribution in [0.15, 0.2) is 0 Å². The Bertz CT molecular complexity index is 179. The van der Waals surface area contributed by atoms with Gasteiger partial charge in [-0.15, -0.1) is 0 Å². The van der Waals surface area contributed by atoms with Crippen molar-refractivity contribution in [3.8, 4) is 0 Å². The zero-order valence-electron chi connectivity index (χ0n) is 10.0. The van der Waals surface area contributed by atoms with Gasteiger partial charge in [0.1, 0.15) is 0 Å². The second-order valence-electron chi connectivity index (χ2n) is 3.98. The lowest BCUT2D eigenvalue weighted by atomic mass is 10.0. The third-order valence-electron chi connectivity index (χ3n) is 2.39. The third kappa shape index (κ3) is 6.47. The van der Waals surface area contributed by atoms with E-state index < -0.39 is 5.54 Å². The van der Waals surface area contributed by atoms with E-state index in [0.717, 1.165) is 6.42 Å². The summed E-state index contributed by atoms with van der Waals surface area (Å²) in [7, 11) is 0. The van der Waals surface area contributed by atoms with Crippen LogP contribution in [-0.4, -0.2) is 36.4 Å². The summed E-state index contributed by atoms with van der Waals surface area (Å²) in [6.45, 7) is 6.90. The molecule has 0 aliphatic rings. The van der Waals surface area contributed by atoms with Gasteiger partial charge in [-0.1, -0.05) is 13.8 Å². The molecule has 0 aliphatic carbocycles. The van der Waals surface area contributed by atoms with E-state index in [1.807, 2.05) is 20.8 Å². The van der Waals surface area contributed by atoms with Crippen LogP contribution in [0.2, 0.25) is 0 Å². The highest BCUT2D eigenvalue weighted by atomic mass is 16.5. The van der Waals surface area contributed by atoms with Gasteiger partial charge in [0, 0.05) is 13.0 Å². The van der Waals surface area contributed by atoms with Crippen LogP contribution in [0.4, 0.5) is 0 Å². The minimum absolute atomic E-state index is 0.0366. The molecule has 0 aromatic carbocycles. The van der Waals surface area contributed by atoms with E-state index in [1.165, 1.54) is 0 Å². The zero-order chi connectivity index (χ0) is 11.7. The molecule has 1 amide bonds. The van der Waals surface area contributed by atoms with Gasteiger partial charge in [-0.25, -0.2) is 0 Å². The molecule has 0 heterocycles. The molecule has 0 bridgehead atoms. The SMILES string of the molecule is CCCOCCC(=O)NC(C)(CC)CO. The number of aliphatic hydroxyl groups excluding tert-OH is 1. The maximum absolute atomic E-state index is 11.4. The van der Waals surface area contributed by atoms with E-state index in [4.69, 9.17) is 9.84 Å². The fourth-order valence-corrected chi connectivity index (χ4v) is 1.05. The van der Waals surface area contributed by atoms with Crippen LogP contribution in [0.25, 0.3) is 0 Å². The van der Waals surface area contributed by atoms with E-state index in [2.05, 4.69) is 5.32 Å². The van der Waals surface area contributed by atoms with Gasteiger partial charge in [-0.3, -0.25) is 4.79 Å². The van der Waals surface area contributed by atoms with Crippen molar-refractivity contribution in [1.82, 2.24) is 5.32 Å². The summed E-state index contributed by atoms with van der Waals surface area (Å²) in [5.41, 5.74) is -0.498. The second-order valence-corrected chi connectivity index (χ2v) is 3.98. The summed E-state index contributed by atoms with van der Waals surface area (Å²) >= 11 is 0. The van der Waals surface area contributed by atoms with E-state index >= 15 is 0 Å². The fourth-order valence-electron chi connectivity index (χ4n) is 1.05. The molecular formula is C11H23NO3. The number of carbonyl (C=O) groups excluding carboxylic acids is 1. The maximum Gasteiger partial charge on any atom is 0.222 e. The standard InChI is InChI=1S/C11H23NO3/c1-4-7-15-8-6-10(14)12-11(3,5-2)9-13/h13H,4-9H2,1-3H3,(H,12,14). The van der Waals surface area contributed by atoms with Crippen LogP contribution in [0, 0.1) is 0 Å². The first-order valence-electron chi connectivity index (χ1n) is 5.57. The minimum Gasteiger partial charge on any atom is -0.394 e. The largest absolute Gasteiger partial charge is 0.394 e. The highest BCUT2D eigenvalue weighted by Crippen LogP contribution is 2.07. The summed E-state index contributed by atoms with van der Waals surface area (Å²) in [5, 5.41) is 11.9. The summed E-state index contributed by atoms with van der Waals surface area (Å²) < 4.78 is 5.21. The smallest absolute Gasteiger partial charge is 0.222 e. The lowest BCUT2D eigenvalue weighted by Crippen LogP contribution is -2.48. The van der Waals surface area contributed by atoms with Gasteiger partial charge >= 0.3 is 0 Å². The average Bonchev–Trinajstić information content (AvgIpc) is 2.24. The highest BCUT2D eigenvalue weighted by Gasteiger charge is 2.22. The van der Waals surface area contributed by atoms with E-state index in [0.29, 0.717) is 26.1 Å². The Labute approximate surface area is 92.0 Å². The van der Waals surface area contributed by atoms with Crippen LogP contribution >= 0.6 is 0 Å². The molecule has 0 aromatic rings. The number of carbonyl (C=O) groups is 1. The Morgan fingerprint density at radius 2 is 2.07 bits per heavy atom. The molecule has 0 aliphatic heterocycles. The van der Waals surface area contributed by atoms with Gasteiger partial charge in [-0.05, 0) is 19.8 Å². The van der Waals surface area contributed by atoms with Crippen molar-refractivity contribution < 1.29 is 14.6 Å². The average molecular weight is 217 g/mol. The van der Waals surface area contributed by atoms with Gasteiger partial charge in [0.15, 0.2) is 0 Å². The molecular weight excluding hydrogens is 194 g/mol. The van der Waals surface area contributed by atoms with Gasteiger partial charge in [0.2, 0.25) is 5.91 Å². The van der Waals surface area contributed by atoms with Crippen LogP contribution in [0.3, 0.4) is 0 Å². The van der Waals surface area contributed by atoms with Gasteiger partial charge in [-0.2, -0.15) is 0 Å². The van der Waals surface area contributed by atoms with Crippen molar-refractivity contribution in [2.45, 2.75) is 45.6 Å². The van der Waals surface area contributed by atoms with Crippen molar-refractivity contribution in [3.63, 3.8) is 0 Å². The zero-order valence-corrected chi connectivity index (χ0v) is 10.0. The van der Waals surface area contributed by atoms with Crippen LogP contribution in [0.5, 0.6) is 0 Å². The Hall–Kier alpha value is -0.610. The number of aliphatic hydroxyl groups is 1. The number of rotatable bonds is 8. The van der Waals surface area contributed by atoms with E-state index in [9.17, 15) is 4.79 Å². The molecule has 0 rings (SSSR count). The topological polar surface area (TPSA) is 58.6 Å². The molecule has 2 N–H and O–H groups in total. The molecule has 0 saturated carbocycles. The quantitative estimate of drug-likeness (QED) is 0.598. The molecule has 0 radical (unpaired) electrons. The Morgan fingerprint density at radius 1 is 1.40 bits per heavy atom. The predicted octanol–water partition coefficient (Wildman–Crippen LogP) is 1.08. The first kappa shape index (κ1) is 14.4. The molecule has 0 aromatic heterocycles. The maximum atomic E-state index is 11.4. The van der Waals surface area contributed by atoms with Crippen LogP contribution in [0.1, 0.15) is 40.0 Å².